The van der Waals surface area contributed by atoms with Crippen molar-refractivity contribution in [1.82, 2.24) is 0 Å². The van der Waals surface area contributed by atoms with Crippen molar-refractivity contribution in [3.05, 3.63) is 34.4 Å². The highest BCUT2D eigenvalue weighted by molar-refractivity contribution is 7.46. The lowest BCUT2D eigenvalue weighted by Gasteiger charge is -2.39. The smallest absolute Gasteiger partial charge is 0.455 e. The molecule has 0 unspecified atom stereocenters. The summed E-state index contributed by atoms with van der Waals surface area (Å²) in [4.78, 5) is 27.6. The molecular weight excluding hydrogens is 365 g/mol. The first-order valence-corrected chi connectivity index (χ1v) is 8.43. The van der Waals surface area contributed by atoms with E-state index in [2.05, 4.69) is 4.52 Å². The van der Waals surface area contributed by atoms with Crippen LogP contribution in [0.25, 0.3) is 0 Å². The van der Waals surface area contributed by atoms with E-state index in [1.807, 2.05) is 0 Å². The maximum Gasteiger partial charge on any atom is 0.469 e. The Bertz CT molecular complexity index is 664. The van der Waals surface area contributed by atoms with Gasteiger partial charge < -0.3 is 34.6 Å². The number of nitro groups is 1. The van der Waals surface area contributed by atoms with Gasteiger partial charge in [0, 0.05) is 6.07 Å². The number of ether oxygens (including phenoxy) is 2. The zero-order valence-corrected chi connectivity index (χ0v) is 13.4. The van der Waals surface area contributed by atoms with E-state index >= 15 is 0 Å². The molecule has 140 valence electrons. The van der Waals surface area contributed by atoms with Crippen LogP contribution in [0, 0.1) is 10.1 Å². The van der Waals surface area contributed by atoms with Crippen molar-refractivity contribution in [1.29, 1.82) is 0 Å². The number of aliphatic hydroxyl groups excluding tert-OH is 3. The molecule has 0 spiro atoms. The average Bonchev–Trinajstić information content (AvgIpc) is 2.53. The summed E-state index contributed by atoms with van der Waals surface area (Å²) in [5.41, 5.74) is -0.429. The van der Waals surface area contributed by atoms with E-state index in [1.165, 1.54) is 18.2 Å². The van der Waals surface area contributed by atoms with E-state index < -0.39 is 55.7 Å². The van der Waals surface area contributed by atoms with Gasteiger partial charge >= 0.3 is 13.5 Å². The molecule has 12 nitrogen and oxygen atoms in total. The fraction of sp³-hybridized carbons (Fsp3) is 0.500. The SMILES string of the molecule is O=[N+]([O-])c1ccccc1O[C@H]1O[C@@H](COP(=O)(O)O)[C@@H](O)[C@@H](O)[C@@H]1O. The van der Waals surface area contributed by atoms with Crippen molar-refractivity contribution in [3.63, 3.8) is 0 Å². The molecule has 0 radical (unpaired) electrons. The summed E-state index contributed by atoms with van der Waals surface area (Å²) in [6.07, 6.45) is -8.41. The second kappa shape index (κ2) is 7.72. The predicted molar refractivity (Wildman–Crippen MR) is 78.4 cm³/mol. The van der Waals surface area contributed by atoms with Gasteiger partial charge in [-0.2, -0.15) is 0 Å². The molecule has 2 rings (SSSR count). The monoisotopic (exact) mass is 381 g/mol. The van der Waals surface area contributed by atoms with Crippen LogP contribution in [0.15, 0.2) is 24.3 Å². The summed E-state index contributed by atoms with van der Waals surface area (Å²) in [6, 6.07) is 5.19. The van der Waals surface area contributed by atoms with Gasteiger partial charge in [0.25, 0.3) is 0 Å². The normalized spacial score (nSPS) is 30.0. The summed E-state index contributed by atoms with van der Waals surface area (Å²) >= 11 is 0. The number of aliphatic hydroxyl groups is 3. The molecule has 0 bridgehead atoms. The molecular formula is C12H16NO11P. The summed E-state index contributed by atoms with van der Waals surface area (Å²) in [5.74, 6) is -0.269. The largest absolute Gasteiger partial charge is 0.469 e. The van der Waals surface area contributed by atoms with Crippen LogP contribution in [0.3, 0.4) is 0 Å². The van der Waals surface area contributed by atoms with Crippen LogP contribution in [0.5, 0.6) is 5.75 Å². The number of rotatable bonds is 6. The zero-order chi connectivity index (χ0) is 18.8. The highest BCUT2D eigenvalue weighted by Crippen LogP contribution is 2.37. The minimum atomic E-state index is -4.87. The molecule has 0 aromatic heterocycles. The minimum absolute atomic E-state index is 0.269. The van der Waals surface area contributed by atoms with Gasteiger partial charge in [0.1, 0.15) is 24.4 Å². The molecule has 0 saturated carbocycles. The van der Waals surface area contributed by atoms with Gasteiger partial charge in [-0.1, -0.05) is 12.1 Å². The number of hydrogen-bond donors (Lipinski definition) is 5. The lowest BCUT2D eigenvalue weighted by Crippen LogP contribution is -2.60. The number of nitrogens with zero attached hydrogens (tertiary/aromatic N) is 1. The quantitative estimate of drug-likeness (QED) is 0.228. The molecule has 13 heteroatoms. The maximum absolute atomic E-state index is 11.0. The number of hydrogen-bond acceptors (Lipinski definition) is 9. The summed E-state index contributed by atoms with van der Waals surface area (Å²) in [7, 11) is -4.87. The highest BCUT2D eigenvalue weighted by atomic mass is 31.2. The van der Waals surface area contributed by atoms with Gasteiger partial charge in [0.15, 0.2) is 5.75 Å². The Morgan fingerprint density at radius 1 is 1.16 bits per heavy atom. The maximum atomic E-state index is 11.0. The standard InChI is InChI=1S/C12H16NO11P/c14-9-8(5-22-25(19,20)21)24-12(11(16)10(9)15)23-7-4-2-1-3-6(7)13(17)18/h1-4,8-12,14-16H,5H2,(H2,19,20,21)/t8-,9+,10+,11-,12-/m0/s1. The van der Waals surface area contributed by atoms with Crippen LogP contribution >= 0.6 is 7.82 Å². The van der Waals surface area contributed by atoms with Gasteiger partial charge in [0.2, 0.25) is 6.29 Å². The van der Waals surface area contributed by atoms with Crippen molar-refractivity contribution in [2.75, 3.05) is 6.61 Å². The van der Waals surface area contributed by atoms with Crippen molar-refractivity contribution >= 4 is 13.5 Å². The van der Waals surface area contributed by atoms with Crippen molar-refractivity contribution < 1.29 is 48.6 Å². The van der Waals surface area contributed by atoms with E-state index in [0.29, 0.717) is 0 Å². The third-order valence-corrected chi connectivity index (χ3v) is 3.87. The lowest BCUT2D eigenvalue weighted by atomic mass is 9.99. The fourth-order valence-corrected chi connectivity index (χ4v) is 2.50. The van der Waals surface area contributed by atoms with Crippen molar-refractivity contribution in [2.45, 2.75) is 30.7 Å². The van der Waals surface area contributed by atoms with Crippen molar-refractivity contribution in [3.8, 4) is 5.75 Å². The molecule has 1 aromatic rings. The first-order valence-electron chi connectivity index (χ1n) is 6.90. The van der Waals surface area contributed by atoms with Crippen LogP contribution in [0.4, 0.5) is 5.69 Å². The molecule has 5 N–H and O–H groups in total. The Morgan fingerprint density at radius 2 is 1.80 bits per heavy atom. The van der Waals surface area contributed by atoms with Gasteiger partial charge in [-0.3, -0.25) is 14.6 Å². The first-order chi connectivity index (χ1) is 11.6. The fourth-order valence-electron chi connectivity index (χ4n) is 2.15. The lowest BCUT2D eigenvalue weighted by molar-refractivity contribution is -0.387. The van der Waals surface area contributed by atoms with E-state index in [0.717, 1.165) is 6.07 Å². The predicted octanol–water partition coefficient (Wildman–Crippen LogP) is -1.11. The molecule has 1 aliphatic rings. The van der Waals surface area contributed by atoms with Gasteiger partial charge in [-0.05, 0) is 6.07 Å². The Morgan fingerprint density at radius 3 is 2.40 bits per heavy atom. The molecule has 0 aliphatic carbocycles. The Hall–Kier alpha value is -1.63. The van der Waals surface area contributed by atoms with E-state index in [1.54, 1.807) is 0 Å². The molecule has 1 saturated heterocycles. The van der Waals surface area contributed by atoms with Crippen LogP contribution in [-0.4, -0.2) is 67.3 Å². The molecule has 1 fully saturated rings. The number of phosphoric ester groups is 1. The third-order valence-electron chi connectivity index (χ3n) is 3.38. The molecule has 1 heterocycles. The van der Waals surface area contributed by atoms with Crippen LogP contribution in [-0.2, 0) is 13.8 Å². The van der Waals surface area contributed by atoms with Gasteiger partial charge in [0.05, 0.1) is 11.5 Å². The van der Waals surface area contributed by atoms with Gasteiger partial charge in [-0.15, -0.1) is 0 Å². The molecule has 1 aliphatic heterocycles. The van der Waals surface area contributed by atoms with E-state index in [4.69, 9.17) is 19.3 Å². The second-order valence-corrected chi connectivity index (χ2v) is 6.38. The molecule has 0 amide bonds. The topological polar surface area (TPSA) is 189 Å². The van der Waals surface area contributed by atoms with Crippen LogP contribution in [0.2, 0.25) is 0 Å². The molecule has 25 heavy (non-hydrogen) atoms. The Kier molecular flexibility index (Phi) is 6.08. The molecule has 1 aromatic carbocycles. The zero-order valence-electron chi connectivity index (χ0n) is 12.5. The average molecular weight is 381 g/mol. The number of para-hydroxylation sites is 2. The number of phosphoric acid groups is 1. The molecule has 5 atom stereocenters. The van der Waals surface area contributed by atoms with E-state index in [-0.39, 0.29) is 5.75 Å². The number of nitro benzene ring substituents is 1. The summed E-state index contributed by atoms with van der Waals surface area (Å²) in [5, 5.41) is 40.5. The van der Waals surface area contributed by atoms with E-state index in [9.17, 15) is 30.0 Å². The van der Waals surface area contributed by atoms with Crippen LogP contribution < -0.4 is 4.74 Å². The summed E-state index contributed by atoms with van der Waals surface area (Å²) < 4.78 is 25.3. The van der Waals surface area contributed by atoms with Gasteiger partial charge in [-0.25, -0.2) is 4.57 Å². The number of benzene rings is 1. The summed E-state index contributed by atoms with van der Waals surface area (Å²) in [6.45, 7) is -0.814. The Balaban J connectivity index is 2.16. The highest BCUT2D eigenvalue weighted by Gasteiger charge is 2.46. The minimum Gasteiger partial charge on any atom is -0.455 e. The second-order valence-electron chi connectivity index (χ2n) is 5.14. The van der Waals surface area contributed by atoms with Crippen LogP contribution in [0.1, 0.15) is 0 Å². The third kappa shape index (κ3) is 4.93. The van der Waals surface area contributed by atoms with Crippen molar-refractivity contribution in [2.24, 2.45) is 0 Å². The Labute approximate surface area is 140 Å². The first kappa shape index (κ1) is 19.7.